The smallest absolute Gasteiger partial charge is 0.140 e. The number of fused-ring (bicyclic) bond motifs is 3. The van der Waals surface area contributed by atoms with Crippen LogP contribution in [0.4, 0.5) is 4.39 Å². The third-order valence-corrected chi connectivity index (χ3v) is 3.93. The van der Waals surface area contributed by atoms with Crippen molar-refractivity contribution in [1.82, 2.24) is 9.55 Å². The van der Waals surface area contributed by atoms with Gasteiger partial charge in [-0.05, 0) is 36.2 Å². The summed E-state index contributed by atoms with van der Waals surface area (Å²) in [6, 6.07) is 10.7. The van der Waals surface area contributed by atoms with Crippen molar-refractivity contribution in [2.45, 2.75) is 6.42 Å². The molecule has 3 nitrogen and oxygen atoms in total. The van der Waals surface area contributed by atoms with Crippen LogP contribution in [-0.4, -0.2) is 21.8 Å². The van der Waals surface area contributed by atoms with E-state index in [1.807, 2.05) is 29.9 Å². The van der Waals surface area contributed by atoms with Crippen LogP contribution in [0.2, 0.25) is 0 Å². The predicted molar refractivity (Wildman–Crippen MR) is 80.4 cm³/mol. The topological polar surface area (TPSA) is 30.2 Å². The Morgan fingerprint density at radius 2 is 2.10 bits per heavy atom. The van der Waals surface area contributed by atoms with Crippen molar-refractivity contribution < 1.29 is 4.39 Å². The fourth-order valence-corrected chi connectivity index (χ4v) is 2.95. The molecule has 4 rings (SSSR count). The molecule has 0 amide bonds. The summed E-state index contributed by atoms with van der Waals surface area (Å²) in [6.45, 7) is 0.720. The zero-order valence-corrected chi connectivity index (χ0v) is 11.7. The highest BCUT2D eigenvalue weighted by Crippen LogP contribution is 2.32. The van der Waals surface area contributed by atoms with E-state index in [4.69, 9.17) is 4.98 Å². The van der Waals surface area contributed by atoms with E-state index >= 15 is 0 Å². The van der Waals surface area contributed by atoms with Crippen molar-refractivity contribution in [2.24, 2.45) is 12.0 Å². The van der Waals surface area contributed by atoms with Gasteiger partial charge in [-0.1, -0.05) is 12.1 Å². The average molecular weight is 279 g/mol. The summed E-state index contributed by atoms with van der Waals surface area (Å²) in [4.78, 5) is 9.34. The Bertz CT molecular complexity index is 832. The van der Waals surface area contributed by atoms with Crippen LogP contribution >= 0.6 is 0 Å². The second-order valence-electron chi connectivity index (χ2n) is 5.29. The van der Waals surface area contributed by atoms with Crippen LogP contribution in [0.15, 0.2) is 47.6 Å². The normalized spacial score (nSPS) is 14.1. The number of rotatable bonds is 1. The van der Waals surface area contributed by atoms with E-state index in [0.717, 1.165) is 35.8 Å². The second kappa shape index (κ2) is 4.52. The van der Waals surface area contributed by atoms with Crippen LogP contribution in [0.25, 0.3) is 11.4 Å². The van der Waals surface area contributed by atoms with Crippen LogP contribution in [0, 0.1) is 5.82 Å². The molecular formula is C17H14FN3. The minimum Gasteiger partial charge on any atom is -0.336 e. The van der Waals surface area contributed by atoms with Crippen molar-refractivity contribution in [2.75, 3.05) is 6.54 Å². The highest BCUT2D eigenvalue weighted by molar-refractivity contribution is 6.14. The van der Waals surface area contributed by atoms with Gasteiger partial charge in [0.1, 0.15) is 11.6 Å². The molecule has 0 unspecified atom stereocenters. The Balaban J connectivity index is 1.95. The van der Waals surface area contributed by atoms with Crippen LogP contribution < -0.4 is 0 Å². The number of pyridine rings is 1. The molecular weight excluding hydrogens is 265 g/mol. The molecule has 0 saturated heterocycles. The Kier molecular flexibility index (Phi) is 2.64. The van der Waals surface area contributed by atoms with Crippen LogP contribution in [0.1, 0.15) is 16.8 Å². The number of aromatic nitrogens is 2. The van der Waals surface area contributed by atoms with E-state index in [-0.39, 0.29) is 5.82 Å². The minimum absolute atomic E-state index is 0.246. The van der Waals surface area contributed by atoms with Crippen molar-refractivity contribution in [1.29, 1.82) is 0 Å². The molecule has 3 aliphatic rings. The van der Waals surface area contributed by atoms with E-state index in [2.05, 4.69) is 11.1 Å². The number of nitrogens with zero attached hydrogens (tertiary/aromatic N) is 3. The lowest BCUT2D eigenvalue weighted by molar-refractivity contribution is 0.627. The van der Waals surface area contributed by atoms with Gasteiger partial charge in [-0.15, -0.1) is 0 Å². The molecule has 3 aliphatic heterocycles. The van der Waals surface area contributed by atoms with Gasteiger partial charge in [0, 0.05) is 30.9 Å². The van der Waals surface area contributed by atoms with Gasteiger partial charge in [0.25, 0.3) is 0 Å². The minimum atomic E-state index is -0.246. The number of halogens is 1. The van der Waals surface area contributed by atoms with Gasteiger partial charge in [0.05, 0.1) is 11.4 Å². The van der Waals surface area contributed by atoms with Crippen molar-refractivity contribution >= 4 is 5.71 Å². The summed E-state index contributed by atoms with van der Waals surface area (Å²) in [5, 5.41) is 0. The number of benzene rings is 1. The van der Waals surface area contributed by atoms with Crippen LogP contribution in [0.3, 0.4) is 0 Å². The second-order valence-corrected chi connectivity index (χ2v) is 5.29. The summed E-state index contributed by atoms with van der Waals surface area (Å²) < 4.78 is 15.5. The molecule has 0 aliphatic carbocycles. The summed E-state index contributed by atoms with van der Waals surface area (Å²) in [6.07, 6.45) is 2.87. The van der Waals surface area contributed by atoms with E-state index in [0.29, 0.717) is 0 Å². The molecule has 0 aromatic heterocycles. The first kappa shape index (κ1) is 12.3. The number of hydrogen-bond donors (Lipinski definition) is 0. The molecule has 3 heterocycles. The highest BCUT2D eigenvalue weighted by atomic mass is 19.1. The highest BCUT2D eigenvalue weighted by Gasteiger charge is 2.25. The lowest BCUT2D eigenvalue weighted by Gasteiger charge is -2.13. The first-order chi connectivity index (χ1) is 10.2. The average Bonchev–Trinajstić information content (AvgIpc) is 2.87. The van der Waals surface area contributed by atoms with Crippen molar-refractivity contribution in [3.8, 4) is 11.4 Å². The molecule has 104 valence electrons. The molecule has 0 N–H and O–H groups in total. The summed E-state index contributed by atoms with van der Waals surface area (Å²) >= 11 is 0. The van der Waals surface area contributed by atoms with Gasteiger partial charge in [-0.25, -0.2) is 9.37 Å². The SMILES string of the molecule is Cn1cccc2c3c(nc1-2)C(c1cccc(F)c1)=NCC3. The number of aryl methyl sites for hydroxylation is 1. The molecule has 0 radical (unpaired) electrons. The predicted octanol–water partition coefficient (Wildman–Crippen LogP) is 3.06. The van der Waals surface area contributed by atoms with Gasteiger partial charge in [-0.2, -0.15) is 0 Å². The lowest BCUT2D eigenvalue weighted by Crippen LogP contribution is -2.13. The Labute approximate surface area is 122 Å². The Morgan fingerprint density at radius 1 is 1.19 bits per heavy atom. The number of aliphatic imine (C=N–C) groups is 1. The Morgan fingerprint density at radius 3 is 2.95 bits per heavy atom. The molecule has 0 spiro atoms. The molecule has 0 atom stereocenters. The Hall–Kier alpha value is -2.49. The van der Waals surface area contributed by atoms with Crippen LogP contribution in [0.5, 0.6) is 0 Å². The quantitative estimate of drug-likeness (QED) is 0.673. The zero-order valence-electron chi connectivity index (χ0n) is 11.7. The largest absolute Gasteiger partial charge is 0.336 e. The molecule has 4 heteroatoms. The van der Waals surface area contributed by atoms with Crippen molar-refractivity contribution in [3.63, 3.8) is 0 Å². The molecule has 0 bridgehead atoms. The molecule has 1 aromatic carbocycles. The summed E-state index contributed by atoms with van der Waals surface area (Å²) in [5.74, 6) is 0.706. The number of hydrogen-bond acceptors (Lipinski definition) is 2. The molecule has 0 saturated carbocycles. The zero-order chi connectivity index (χ0) is 14.4. The van der Waals surface area contributed by atoms with Crippen molar-refractivity contribution in [3.05, 3.63) is 65.2 Å². The third kappa shape index (κ3) is 1.87. The third-order valence-electron chi connectivity index (χ3n) is 3.93. The van der Waals surface area contributed by atoms with Gasteiger partial charge >= 0.3 is 0 Å². The first-order valence-electron chi connectivity index (χ1n) is 6.99. The van der Waals surface area contributed by atoms with Crippen LogP contribution in [-0.2, 0) is 13.5 Å². The summed E-state index contributed by atoms with van der Waals surface area (Å²) in [5.41, 5.74) is 4.87. The molecule has 21 heavy (non-hydrogen) atoms. The van der Waals surface area contributed by atoms with E-state index in [1.54, 1.807) is 6.07 Å². The van der Waals surface area contributed by atoms with Gasteiger partial charge in [0.15, 0.2) is 0 Å². The standard InChI is InChI=1S/C17H14FN3/c1-21-9-3-6-14-13-7-8-19-15(16(13)20-17(14)21)11-4-2-5-12(18)10-11/h2-6,9-10H,7-8H2,1H3. The van der Waals surface area contributed by atoms with E-state index in [1.165, 1.54) is 23.3 Å². The van der Waals surface area contributed by atoms with Gasteiger partial charge in [-0.3, -0.25) is 4.99 Å². The monoisotopic (exact) mass is 279 g/mol. The van der Waals surface area contributed by atoms with E-state index < -0.39 is 0 Å². The fourth-order valence-electron chi connectivity index (χ4n) is 2.95. The summed E-state index contributed by atoms with van der Waals surface area (Å²) in [7, 11) is 1.99. The van der Waals surface area contributed by atoms with Gasteiger partial charge in [0.2, 0.25) is 0 Å². The maximum absolute atomic E-state index is 13.5. The first-order valence-corrected chi connectivity index (χ1v) is 6.99. The maximum atomic E-state index is 13.5. The molecule has 1 aromatic rings. The fraction of sp³-hybridized carbons (Fsp3) is 0.176. The van der Waals surface area contributed by atoms with E-state index in [9.17, 15) is 4.39 Å². The molecule has 0 fully saturated rings. The van der Waals surface area contributed by atoms with Gasteiger partial charge < -0.3 is 4.57 Å². The maximum Gasteiger partial charge on any atom is 0.140 e. The lowest BCUT2D eigenvalue weighted by atomic mass is 9.97.